The molecule has 1 amide bonds. The van der Waals surface area contributed by atoms with Gasteiger partial charge in [0.1, 0.15) is 24.7 Å². The summed E-state index contributed by atoms with van der Waals surface area (Å²) in [5.41, 5.74) is 0.635. The van der Waals surface area contributed by atoms with Gasteiger partial charge in [-0.15, -0.1) is 23.1 Å². The fourth-order valence-electron chi connectivity index (χ4n) is 3.23. The lowest BCUT2D eigenvalue weighted by Gasteiger charge is -2.49. The Morgan fingerprint density at radius 3 is 2.79 bits per heavy atom. The summed E-state index contributed by atoms with van der Waals surface area (Å²) >= 11 is 2.97. The Bertz CT molecular complexity index is 860. The molecule has 9 heteroatoms. The van der Waals surface area contributed by atoms with Crippen LogP contribution in [-0.4, -0.2) is 52.9 Å². The van der Waals surface area contributed by atoms with Gasteiger partial charge in [-0.1, -0.05) is 18.7 Å². The van der Waals surface area contributed by atoms with Crippen LogP contribution in [0.3, 0.4) is 0 Å². The number of esters is 2. The highest BCUT2D eigenvalue weighted by molar-refractivity contribution is 8.00. The predicted octanol–water partition coefficient (Wildman–Crippen LogP) is 2.33. The number of hydrogen-bond acceptors (Lipinski definition) is 8. The topological polar surface area (TPSA) is 90.0 Å². The third-order valence-electron chi connectivity index (χ3n) is 4.53. The van der Waals surface area contributed by atoms with Gasteiger partial charge in [0, 0.05) is 36.0 Å². The largest absolute Gasteiger partial charge is 0.461 e. The van der Waals surface area contributed by atoms with E-state index in [2.05, 4.69) is 6.58 Å². The third-order valence-corrected chi connectivity index (χ3v) is 6.80. The number of thiophene rings is 1. The third kappa shape index (κ3) is 4.79. The lowest BCUT2D eigenvalue weighted by molar-refractivity contribution is -0.155. The van der Waals surface area contributed by atoms with E-state index in [-0.39, 0.29) is 42.4 Å². The molecule has 1 aromatic rings. The summed E-state index contributed by atoms with van der Waals surface area (Å²) in [7, 11) is 0. The van der Waals surface area contributed by atoms with Gasteiger partial charge in [0.05, 0.1) is 11.3 Å². The molecule has 154 valence electrons. The van der Waals surface area contributed by atoms with Crippen molar-refractivity contribution in [2.24, 2.45) is 5.92 Å². The van der Waals surface area contributed by atoms with E-state index >= 15 is 0 Å². The molecule has 29 heavy (non-hydrogen) atoms. The van der Waals surface area contributed by atoms with Gasteiger partial charge in [-0.25, -0.2) is 4.79 Å². The highest BCUT2D eigenvalue weighted by Gasteiger charge is 2.54. The van der Waals surface area contributed by atoms with Gasteiger partial charge >= 0.3 is 11.9 Å². The van der Waals surface area contributed by atoms with Crippen LogP contribution in [0, 0.1) is 5.92 Å². The van der Waals surface area contributed by atoms with Crippen molar-refractivity contribution >= 4 is 46.7 Å². The molecule has 0 N–H and O–H groups in total. The number of thioether (sulfide) groups is 1. The van der Waals surface area contributed by atoms with Crippen LogP contribution in [0.5, 0.6) is 0 Å². The molecule has 0 unspecified atom stereocenters. The molecular weight excluding hydrogens is 414 g/mol. The zero-order valence-corrected chi connectivity index (χ0v) is 17.6. The molecule has 1 aromatic heterocycles. The summed E-state index contributed by atoms with van der Waals surface area (Å²) in [6.45, 7) is 4.71. The van der Waals surface area contributed by atoms with E-state index in [9.17, 15) is 19.2 Å². The number of fused-ring (bicyclic) bond motifs is 1. The number of ether oxygens (including phenoxy) is 2. The van der Waals surface area contributed by atoms with Crippen molar-refractivity contribution in [1.82, 2.24) is 4.90 Å². The van der Waals surface area contributed by atoms with E-state index in [0.29, 0.717) is 17.7 Å². The molecule has 0 aromatic carbocycles. The number of carbonyl (C=O) groups is 4. The standard InChI is InChI=1S/C20H21NO6S2/c1-3-6-26-20(25)17-13(10-27-12(2)22)11-29-19-16(18(24)21(17)19)9-14(23)8-15-5-4-7-28-15/h3-5,7,16,19H,1,6,8-11H2,2H3/t16-,19-/m1/s1. The molecule has 0 bridgehead atoms. The summed E-state index contributed by atoms with van der Waals surface area (Å²) in [5.74, 6) is -1.48. The maximum Gasteiger partial charge on any atom is 0.355 e. The molecule has 2 atom stereocenters. The smallest absolute Gasteiger partial charge is 0.355 e. The molecule has 2 aliphatic rings. The Kier molecular flexibility index (Phi) is 6.92. The Hall–Kier alpha value is -2.39. The fraction of sp³-hybridized carbons (Fsp3) is 0.400. The van der Waals surface area contributed by atoms with Crippen molar-refractivity contribution < 1.29 is 28.7 Å². The van der Waals surface area contributed by atoms with Crippen LogP contribution in [0.4, 0.5) is 0 Å². The lowest BCUT2D eigenvalue weighted by Crippen LogP contribution is -2.62. The number of Topliss-reactive ketones (excluding diaryl/α,β-unsaturated/α-hetero) is 1. The van der Waals surface area contributed by atoms with Gasteiger partial charge in [-0.2, -0.15) is 0 Å². The maximum absolute atomic E-state index is 12.8. The molecule has 3 heterocycles. The molecule has 1 fully saturated rings. The van der Waals surface area contributed by atoms with Crippen molar-refractivity contribution in [2.45, 2.75) is 25.1 Å². The zero-order valence-electron chi connectivity index (χ0n) is 15.9. The van der Waals surface area contributed by atoms with E-state index in [1.165, 1.54) is 41.0 Å². The molecule has 3 rings (SSSR count). The second-order valence-electron chi connectivity index (χ2n) is 6.63. The maximum atomic E-state index is 12.8. The van der Waals surface area contributed by atoms with Crippen LogP contribution < -0.4 is 0 Å². The quantitative estimate of drug-likeness (QED) is 0.334. The van der Waals surface area contributed by atoms with Gasteiger partial charge < -0.3 is 9.47 Å². The Morgan fingerprint density at radius 1 is 1.34 bits per heavy atom. The van der Waals surface area contributed by atoms with Crippen LogP contribution in [0.25, 0.3) is 0 Å². The molecule has 1 saturated heterocycles. The zero-order chi connectivity index (χ0) is 21.0. The number of rotatable bonds is 9. The number of amides is 1. The first-order valence-electron chi connectivity index (χ1n) is 9.04. The van der Waals surface area contributed by atoms with E-state index < -0.39 is 17.9 Å². The number of β-lactam (4-membered cyclic amide) rings is 1. The monoisotopic (exact) mass is 435 g/mol. The summed E-state index contributed by atoms with van der Waals surface area (Å²) in [6, 6.07) is 3.78. The first-order valence-corrected chi connectivity index (χ1v) is 11.0. The molecule has 0 saturated carbocycles. The normalized spacial score (nSPS) is 20.6. The second kappa shape index (κ2) is 9.41. The highest BCUT2D eigenvalue weighted by atomic mass is 32.2. The SMILES string of the molecule is C=CCOC(=O)C1=C(COC(C)=O)CS[C@@H]2[C@H](CC(=O)Cc3cccs3)C(=O)N12. The van der Waals surface area contributed by atoms with E-state index in [1.807, 2.05) is 17.5 Å². The van der Waals surface area contributed by atoms with E-state index in [4.69, 9.17) is 9.47 Å². The Balaban J connectivity index is 1.73. The predicted molar refractivity (Wildman–Crippen MR) is 109 cm³/mol. The lowest BCUT2D eigenvalue weighted by atomic mass is 9.89. The van der Waals surface area contributed by atoms with E-state index in [1.54, 1.807) is 0 Å². The van der Waals surface area contributed by atoms with Crippen LogP contribution in [0.1, 0.15) is 18.2 Å². The molecular formula is C20H21NO6S2. The molecule has 0 radical (unpaired) electrons. The van der Waals surface area contributed by atoms with Crippen molar-refractivity contribution in [3.05, 3.63) is 46.3 Å². The fourth-order valence-corrected chi connectivity index (χ4v) is 5.36. The minimum atomic E-state index is -0.658. The summed E-state index contributed by atoms with van der Waals surface area (Å²) in [5, 5.41) is 1.61. The summed E-state index contributed by atoms with van der Waals surface area (Å²) < 4.78 is 10.2. The number of nitrogens with zero attached hydrogens (tertiary/aromatic N) is 1. The number of ketones is 1. The van der Waals surface area contributed by atoms with Gasteiger partial charge in [0.25, 0.3) is 0 Å². The number of carbonyl (C=O) groups excluding carboxylic acids is 4. The highest BCUT2D eigenvalue weighted by Crippen LogP contribution is 2.45. The van der Waals surface area contributed by atoms with Crippen molar-refractivity contribution in [3.63, 3.8) is 0 Å². The first-order chi connectivity index (χ1) is 13.9. The summed E-state index contributed by atoms with van der Waals surface area (Å²) in [6.07, 6.45) is 1.88. The molecule has 2 aliphatic heterocycles. The average Bonchev–Trinajstić information content (AvgIpc) is 3.20. The molecule has 7 nitrogen and oxygen atoms in total. The minimum Gasteiger partial charge on any atom is -0.461 e. The van der Waals surface area contributed by atoms with Gasteiger partial charge in [0.2, 0.25) is 5.91 Å². The van der Waals surface area contributed by atoms with Crippen molar-refractivity contribution in [3.8, 4) is 0 Å². The van der Waals surface area contributed by atoms with Gasteiger partial charge in [0.15, 0.2) is 0 Å². The summed E-state index contributed by atoms with van der Waals surface area (Å²) in [4.78, 5) is 51.2. The van der Waals surface area contributed by atoms with Crippen LogP contribution >= 0.6 is 23.1 Å². The number of hydrogen-bond donors (Lipinski definition) is 0. The van der Waals surface area contributed by atoms with E-state index in [0.717, 1.165) is 4.88 Å². The molecule has 0 spiro atoms. The second-order valence-corrected chi connectivity index (χ2v) is 8.77. The van der Waals surface area contributed by atoms with Crippen LogP contribution in [-0.2, 0) is 35.1 Å². The van der Waals surface area contributed by atoms with Crippen LogP contribution in [0.2, 0.25) is 0 Å². The van der Waals surface area contributed by atoms with Crippen molar-refractivity contribution in [2.75, 3.05) is 19.0 Å². The minimum absolute atomic E-state index is 0.00322. The van der Waals surface area contributed by atoms with Crippen molar-refractivity contribution in [1.29, 1.82) is 0 Å². The van der Waals surface area contributed by atoms with Gasteiger partial charge in [-0.05, 0) is 11.4 Å². The van der Waals surface area contributed by atoms with Gasteiger partial charge in [-0.3, -0.25) is 19.3 Å². The first kappa shape index (κ1) is 21.3. The molecule has 0 aliphatic carbocycles. The van der Waals surface area contributed by atoms with Crippen LogP contribution in [0.15, 0.2) is 41.4 Å². The Labute approximate surface area is 176 Å². The Morgan fingerprint density at radius 2 is 2.14 bits per heavy atom. The average molecular weight is 436 g/mol.